The minimum Gasteiger partial charge on any atom is -0.394 e. The monoisotopic (exact) mass is 345 g/mol. The lowest BCUT2D eigenvalue weighted by Gasteiger charge is -2.16. The molecule has 126 valence electrons. The van der Waals surface area contributed by atoms with Gasteiger partial charge >= 0.3 is 7.75 Å². The van der Waals surface area contributed by atoms with E-state index in [9.17, 15) is 9.36 Å². The van der Waals surface area contributed by atoms with Gasteiger partial charge in [-0.1, -0.05) is 0 Å². The first kappa shape index (κ1) is 17.2. The van der Waals surface area contributed by atoms with Gasteiger partial charge in [0.15, 0.2) is 11.5 Å². The Morgan fingerprint density at radius 3 is 2.78 bits per heavy atom. The van der Waals surface area contributed by atoms with Crippen LogP contribution in [0.3, 0.4) is 0 Å². The van der Waals surface area contributed by atoms with Crippen molar-refractivity contribution in [1.82, 2.24) is 29.9 Å². The van der Waals surface area contributed by atoms with Crippen molar-refractivity contribution in [2.75, 3.05) is 18.9 Å². The topological polar surface area (TPSA) is 189 Å². The first-order chi connectivity index (χ1) is 10.8. The van der Waals surface area contributed by atoms with E-state index in [1.54, 1.807) is 4.57 Å². The fourth-order valence-electron chi connectivity index (χ4n) is 1.88. The van der Waals surface area contributed by atoms with E-state index in [4.69, 9.17) is 20.6 Å². The molecule has 2 aromatic rings. The Bertz CT molecular complexity index is 744. The number of hydrogen-bond donors (Lipinski definition) is 6. The van der Waals surface area contributed by atoms with Crippen LogP contribution in [0.4, 0.5) is 5.82 Å². The summed E-state index contributed by atoms with van der Waals surface area (Å²) < 4.78 is 12.4. The summed E-state index contributed by atoms with van der Waals surface area (Å²) in [7, 11) is -4.70. The summed E-state index contributed by atoms with van der Waals surface area (Å²) in [5, 5.41) is 13.3. The summed E-state index contributed by atoms with van der Waals surface area (Å²) >= 11 is 0. The molecule has 7 N–H and O–H groups in total. The number of imidazole rings is 1. The predicted molar refractivity (Wildman–Crippen MR) is 78.8 cm³/mol. The number of hydrogen-bond acceptors (Lipinski definition) is 8. The van der Waals surface area contributed by atoms with Crippen LogP contribution in [0.1, 0.15) is 0 Å². The van der Waals surface area contributed by atoms with Gasteiger partial charge in [0.05, 0.1) is 12.9 Å². The Labute approximate surface area is 130 Å². The van der Waals surface area contributed by atoms with Crippen molar-refractivity contribution in [2.45, 2.75) is 12.6 Å². The molecule has 23 heavy (non-hydrogen) atoms. The minimum atomic E-state index is -4.70. The van der Waals surface area contributed by atoms with Crippen LogP contribution in [0.2, 0.25) is 0 Å². The van der Waals surface area contributed by atoms with Crippen molar-refractivity contribution in [3.8, 4) is 0 Å². The van der Waals surface area contributed by atoms with Crippen molar-refractivity contribution < 1.29 is 24.3 Å². The van der Waals surface area contributed by atoms with Gasteiger partial charge in [-0.3, -0.25) is 9.88 Å². The van der Waals surface area contributed by atoms with Gasteiger partial charge in [0.1, 0.15) is 17.9 Å². The lowest BCUT2D eigenvalue weighted by Crippen LogP contribution is -2.46. The smallest absolute Gasteiger partial charge is 0.394 e. The van der Waals surface area contributed by atoms with Crippen LogP contribution >= 0.6 is 7.75 Å². The lowest BCUT2D eigenvalue weighted by atomic mass is 10.3. The number of nitrogens with two attached hydrogens (primary N) is 1. The average Bonchev–Trinajstić information content (AvgIpc) is 2.86. The van der Waals surface area contributed by atoms with Gasteiger partial charge in [0.25, 0.3) is 0 Å². The van der Waals surface area contributed by atoms with E-state index in [0.29, 0.717) is 17.7 Å². The van der Waals surface area contributed by atoms with Gasteiger partial charge in [-0.15, -0.1) is 0 Å². The number of carbonyl (C=O) groups excluding carboxylic acids is 1. The predicted octanol–water partition coefficient (Wildman–Crippen LogP) is -2.43. The molecule has 13 heteroatoms. The number of aromatic nitrogens is 4. The number of aliphatic hydroxyl groups is 1. The fourth-order valence-corrected chi connectivity index (χ4v) is 2.33. The first-order valence-corrected chi connectivity index (χ1v) is 8.06. The van der Waals surface area contributed by atoms with Crippen molar-refractivity contribution in [1.29, 1.82) is 0 Å². The van der Waals surface area contributed by atoms with Crippen LogP contribution in [-0.4, -0.2) is 59.5 Å². The molecule has 12 nitrogen and oxygen atoms in total. The van der Waals surface area contributed by atoms with Crippen LogP contribution < -0.4 is 16.1 Å². The van der Waals surface area contributed by atoms with Gasteiger partial charge in [-0.25, -0.2) is 19.5 Å². The molecule has 0 aliphatic heterocycles. The third-order valence-electron chi connectivity index (χ3n) is 2.93. The van der Waals surface area contributed by atoms with E-state index in [1.807, 2.05) is 0 Å². The van der Waals surface area contributed by atoms with Gasteiger partial charge in [0.2, 0.25) is 5.91 Å². The Morgan fingerprint density at radius 2 is 2.13 bits per heavy atom. The molecule has 0 spiro atoms. The second-order valence-electron chi connectivity index (χ2n) is 4.58. The zero-order chi connectivity index (χ0) is 17.0. The SMILES string of the molecule is Nc1ncnc2c1ncn2CCN[C@@H](CO)C(=O)NP(=O)(O)O. The molecule has 2 rings (SSSR count). The number of carbonyl (C=O) groups is 1. The van der Waals surface area contributed by atoms with Crippen molar-refractivity contribution >= 4 is 30.6 Å². The molecule has 0 aliphatic carbocycles. The van der Waals surface area contributed by atoms with Crippen LogP contribution in [0.5, 0.6) is 0 Å². The Hall–Kier alpha value is -2.11. The molecule has 0 saturated heterocycles. The van der Waals surface area contributed by atoms with E-state index in [0.717, 1.165) is 0 Å². The Balaban J connectivity index is 1.96. The molecular formula is C10H16N7O5P. The number of nitrogen functional groups attached to an aromatic ring is 1. The van der Waals surface area contributed by atoms with Crippen LogP contribution in [0, 0.1) is 0 Å². The summed E-state index contributed by atoms with van der Waals surface area (Å²) in [4.78, 5) is 40.9. The van der Waals surface area contributed by atoms with Gasteiger partial charge < -0.3 is 30.5 Å². The molecule has 0 unspecified atom stereocenters. The summed E-state index contributed by atoms with van der Waals surface area (Å²) in [5.41, 5.74) is 6.63. The van der Waals surface area contributed by atoms with E-state index in [2.05, 4.69) is 20.3 Å². The molecule has 0 aromatic carbocycles. The second-order valence-corrected chi connectivity index (χ2v) is 5.89. The molecule has 2 heterocycles. The molecule has 0 fully saturated rings. The van der Waals surface area contributed by atoms with Crippen LogP contribution in [0.25, 0.3) is 11.2 Å². The summed E-state index contributed by atoms with van der Waals surface area (Å²) in [6, 6.07) is -1.16. The Kier molecular flexibility index (Phi) is 5.23. The molecule has 0 aliphatic rings. The summed E-state index contributed by atoms with van der Waals surface area (Å²) in [6.45, 7) is -0.0621. The van der Waals surface area contributed by atoms with Crippen molar-refractivity contribution in [3.05, 3.63) is 12.7 Å². The highest BCUT2D eigenvalue weighted by atomic mass is 31.2. The second kappa shape index (κ2) is 6.98. The number of rotatable bonds is 7. The number of fused-ring (bicyclic) bond motifs is 1. The van der Waals surface area contributed by atoms with Gasteiger partial charge in [0, 0.05) is 13.1 Å². The van der Waals surface area contributed by atoms with Crippen molar-refractivity contribution in [2.24, 2.45) is 0 Å². The van der Waals surface area contributed by atoms with Crippen LogP contribution in [-0.2, 0) is 15.9 Å². The Morgan fingerprint density at radius 1 is 1.39 bits per heavy atom. The zero-order valence-electron chi connectivity index (χ0n) is 11.8. The number of anilines is 1. The van der Waals surface area contributed by atoms with E-state index >= 15 is 0 Å². The first-order valence-electron chi connectivity index (χ1n) is 6.45. The molecule has 0 radical (unpaired) electrons. The molecular weight excluding hydrogens is 329 g/mol. The standard InChI is InChI=1S/C10H16N7O5P/c11-8-7-9(14-4-13-8)17(5-15-7)2-1-12-6(3-18)10(19)16-23(20,21)22/h4-6,12,18H,1-3H2,(H2,11,13,14)(H3,16,19,20,21,22)/t6-/m0/s1. The molecule has 0 bridgehead atoms. The minimum absolute atomic E-state index is 0.217. The number of aliphatic hydroxyl groups excluding tert-OH is 1. The summed E-state index contributed by atoms with van der Waals surface area (Å²) in [6.07, 6.45) is 2.80. The zero-order valence-corrected chi connectivity index (χ0v) is 12.7. The van der Waals surface area contributed by atoms with E-state index in [1.165, 1.54) is 17.7 Å². The quantitative estimate of drug-likeness (QED) is 0.294. The lowest BCUT2D eigenvalue weighted by molar-refractivity contribution is -0.122. The molecule has 1 amide bonds. The number of amides is 1. The highest BCUT2D eigenvalue weighted by molar-refractivity contribution is 7.50. The summed E-state index contributed by atoms with van der Waals surface area (Å²) in [5.74, 6) is -0.751. The maximum absolute atomic E-state index is 11.6. The fraction of sp³-hybridized carbons (Fsp3) is 0.400. The number of nitrogens with zero attached hydrogens (tertiary/aromatic N) is 4. The third-order valence-corrected chi connectivity index (χ3v) is 3.44. The molecule has 1 atom stereocenters. The van der Waals surface area contributed by atoms with Gasteiger partial charge in [-0.2, -0.15) is 0 Å². The number of nitrogens with one attached hydrogen (secondary N) is 2. The highest BCUT2D eigenvalue weighted by Gasteiger charge is 2.24. The third kappa shape index (κ3) is 4.43. The van der Waals surface area contributed by atoms with Crippen LogP contribution in [0.15, 0.2) is 12.7 Å². The average molecular weight is 345 g/mol. The maximum Gasteiger partial charge on any atom is 0.429 e. The largest absolute Gasteiger partial charge is 0.429 e. The van der Waals surface area contributed by atoms with E-state index < -0.39 is 26.3 Å². The molecule has 2 aromatic heterocycles. The van der Waals surface area contributed by atoms with Gasteiger partial charge in [-0.05, 0) is 0 Å². The maximum atomic E-state index is 11.6. The van der Waals surface area contributed by atoms with E-state index in [-0.39, 0.29) is 12.4 Å². The normalized spacial score (nSPS) is 13.2. The molecule has 0 saturated carbocycles. The highest BCUT2D eigenvalue weighted by Crippen LogP contribution is 2.27. The van der Waals surface area contributed by atoms with Crippen molar-refractivity contribution in [3.63, 3.8) is 0 Å².